The fourth-order valence-corrected chi connectivity index (χ4v) is 4.30. The summed E-state index contributed by atoms with van der Waals surface area (Å²) >= 11 is 1.57. The van der Waals surface area contributed by atoms with Crippen LogP contribution in [0.5, 0.6) is 0 Å². The molecule has 1 aliphatic heterocycles. The normalized spacial score (nSPS) is 22.8. The number of hydrogen-bond donors (Lipinski definition) is 3. The maximum Gasteiger partial charge on any atom is 0.259 e. The van der Waals surface area contributed by atoms with Gasteiger partial charge in [0.1, 0.15) is 11.8 Å². The zero-order chi connectivity index (χ0) is 17.2. The Kier molecular flexibility index (Phi) is 6.00. The number of amides is 1. The lowest BCUT2D eigenvalue weighted by Crippen LogP contribution is -2.37. The maximum absolute atomic E-state index is 12.5. The number of fused-ring (bicyclic) bond motifs is 1. The van der Waals surface area contributed by atoms with Crippen molar-refractivity contribution in [3.63, 3.8) is 0 Å². The van der Waals surface area contributed by atoms with Gasteiger partial charge in [-0.2, -0.15) is 0 Å². The first-order chi connectivity index (χ1) is 12.2. The van der Waals surface area contributed by atoms with E-state index in [1.807, 2.05) is 11.1 Å². The molecule has 4 rings (SSSR count). The van der Waals surface area contributed by atoms with Crippen LogP contribution in [-0.2, 0) is 4.79 Å². The molecule has 1 saturated carbocycles. The number of carbonyl (C=O) groups excluding carboxylic acids is 1. The molecule has 1 aliphatic carbocycles. The van der Waals surface area contributed by atoms with Crippen molar-refractivity contribution in [2.75, 3.05) is 23.7 Å². The predicted molar refractivity (Wildman–Crippen MR) is 105 cm³/mol. The van der Waals surface area contributed by atoms with Gasteiger partial charge < -0.3 is 20.9 Å². The highest BCUT2D eigenvalue weighted by molar-refractivity contribution is 8.04. The smallest absolute Gasteiger partial charge is 0.259 e. The van der Waals surface area contributed by atoms with Gasteiger partial charge in [0.25, 0.3) is 5.91 Å². The van der Waals surface area contributed by atoms with E-state index in [1.165, 1.54) is 6.33 Å². The largest absolute Gasteiger partial charge is 0.351 e. The lowest BCUT2D eigenvalue weighted by Gasteiger charge is -2.25. The van der Waals surface area contributed by atoms with Gasteiger partial charge >= 0.3 is 0 Å². The molecule has 3 heterocycles. The van der Waals surface area contributed by atoms with Crippen LogP contribution in [0.15, 0.2) is 23.8 Å². The van der Waals surface area contributed by atoms with Crippen LogP contribution in [0.4, 0.5) is 5.82 Å². The van der Waals surface area contributed by atoms with Gasteiger partial charge in [0.15, 0.2) is 11.5 Å². The number of H-pyrrole nitrogens is 1. The van der Waals surface area contributed by atoms with Crippen LogP contribution in [0.2, 0.25) is 0 Å². The highest BCUT2D eigenvalue weighted by Gasteiger charge is 2.26. The minimum absolute atomic E-state index is 0. The number of aromatic amines is 1. The van der Waals surface area contributed by atoms with E-state index >= 15 is 0 Å². The van der Waals surface area contributed by atoms with Crippen molar-refractivity contribution in [2.45, 2.75) is 25.3 Å². The van der Waals surface area contributed by atoms with Gasteiger partial charge in [0, 0.05) is 31.1 Å². The van der Waals surface area contributed by atoms with Gasteiger partial charge in [-0.15, -0.1) is 24.2 Å². The molecule has 2 aromatic rings. The fourth-order valence-electron chi connectivity index (χ4n) is 3.39. The number of halogens is 1. The Morgan fingerprint density at radius 1 is 1.38 bits per heavy atom. The Morgan fingerprint density at radius 2 is 2.27 bits per heavy atom. The van der Waals surface area contributed by atoms with Crippen LogP contribution < -0.4 is 16.0 Å². The van der Waals surface area contributed by atoms with Crippen LogP contribution in [0.25, 0.3) is 11.2 Å². The molecule has 0 bridgehead atoms. The van der Waals surface area contributed by atoms with Gasteiger partial charge in [-0.3, -0.25) is 4.79 Å². The highest BCUT2D eigenvalue weighted by atomic mass is 35.5. The molecule has 0 radical (unpaired) electrons. The van der Waals surface area contributed by atoms with Crippen LogP contribution in [0.1, 0.15) is 19.3 Å². The molecule has 4 N–H and O–H groups in total. The second kappa shape index (κ2) is 8.24. The van der Waals surface area contributed by atoms with Crippen molar-refractivity contribution in [1.29, 1.82) is 0 Å². The number of imidazole rings is 1. The van der Waals surface area contributed by atoms with E-state index in [4.69, 9.17) is 5.73 Å². The zero-order valence-electron chi connectivity index (χ0n) is 14.2. The third-order valence-electron chi connectivity index (χ3n) is 4.80. The van der Waals surface area contributed by atoms with E-state index in [-0.39, 0.29) is 24.4 Å². The predicted octanol–water partition coefficient (Wildman–Crippen LogP) is 1.41. The monoisotopic (exact) mass is 395 g/mol. The number of carbonyl (C=O) groups is 1. The van der Waals surface area contributed by atoms with E-state index < -0.39 is 0 Å². The summed E-state index contributed by atoms with van der Waals surface area (Å²) < 4.78 is 0. The molecule has 8 nitrogen and oxygen atoms in total. The molecule has 1 fully saturated rings. The molecule has 2 aromatic heterocycles. The molecule has 2 atom stereocenters. The number of thioether (sulfide) groups is 1. The lowest BCUT2D eigenvalue weighted by molar-refractivity contribution is -0.117. The molecular weight excluding hydrogens is 374 g/mol. The summed E-state index contributed by atoms with van der Waals surface area (Å²) in [6.45, 7) is 1.43. The van der Waals surface area contributed by atoms with Crippen molar-refractivity contribution >= 4 is 47.1 Å². The van der Waals surface area contributed by atoms with Crippen LogP contribution in [0, 0.1) is 5.92 Å². The van der Waals surface area contributed by atoms with Crippen LogP contribution in [0.3, 0.4) is 0 Å². The van der Waals surface area contributed by atoms with Gasteiger partial charge in [0.05, 0.1) is 11.2 Å². The fraction of sp³-hybridized carbons (Fsp3) is 0.500. The number of nitrogens with one attached hydrogen (secondary N) is 2. The van der Waals surface area contributed by atoms with Crippen molar-refractivity contribution in [2.24, 2.45) is 11.7 Å². The van der Waals surface area contributed by atoms with Gasteiger partial charge in [0.2, 0.25) is 0 Å². The van der Waals surface area contributed by atoms with Gasteiger partial charge in [-0.05, 0) is 18.8 Å². The standard InChI is InChI=1S/C16H21N7OS.ClH/c17-11-3-1-2-10(11)6-18-16(24)12-7-23(4-5-25-12)15-13-14(20-8-19-13)21-9-22-15;/h7-11H,1-6,17H2,(H,18,24)(H,19,20,21,22);1H/t10-,11-;/m1./s1. The highest BCUT2D eigenvalue weighted by Crippen LogP contribution is 2.28. The van der Waals surface area contributed by atoms with Gasteiger partial charge in [-0.25, -0.2) is 15.0 Å². The molecule has 0 spiro atoms. The Bertz CT molecular complexity index is 811. The lowest BCUT2D eigenvalue weighted by atomic mass is 10.1. The Morgan fingerprint density at radius 3 is 3.08 bits per heavy atom. The second-order valence-corrected chi connectivity index (χ2v) is 7.54. The van der Waals surface area contributed by atoms with E-state index in [9.17, 15) is 4.79 Å². The van der Waals surface area contributed by atoms with E-state index in [0.29, 0.717) is 23.0 Å². The van der Waals surface area contributed by atoms with Crippen molar-refractivity contribution in [3.05, 3.63) is 23.8 Å². The summed E-state index contributed by atoms with van der Waals surface area (Å²) in [5, 5.41) is 3.04. The van der Waals surface area contributed by atoms with E-state index in [2.05, 4.69) is 25.3 Å². The minimum Gasteiger partial charge on any atom is -0.351 e. The molecule has 140 valence electrons. The third-order valence-corrected chi connectivity index (χ3v) is 5.79. The first-order valence-electron chi connectivity index (χ1n) is 8.51. The Hall–Kier alpha value is -1.84. The zero-order valence-corrected chi connectivity index (χ0v) is 15.9. The summed E-state index contributed by atoms with van der Waals surface area (Å²) in [5.41, 5.74) is 7.48. The number of nitrogens with zero attached hydrogens (tertiary/aromatic N) is 4. The first-order valence-corrected chi connectivity index (χ1v) is 9.50. The molecule has 0 saturated heterocycles. The number of aromatic nitrogens is 4. The molecular formula is C16H22ClN7OS. The third kappa shape index (κ3) is 3.79. The van der Waals surface area contributed by atoms with Crippen molar-refractivity contribution < 1.29 is 4.79 Å². The quantitative estimate of drug-likeness (QED) is 0.717. The number of nitrogens with two attached hydrogens (primary N) is 1. The van der Waals surface area contributed by atoms with Crippen LogP contribution >= 0.6 is 24.2 Å². The Labute approximate surface area is 161 Å². The summed E-state index contributed by atoms with van der Waals surface area (Å²) in [5.74, 6) is 1.91. The molecule has 0 unspecified atom stereocenters. The average molecular weight is 396 g/mol. The second-order valence-electron chi connectivity index (χ2n) is 6.40. The average Bonchev–Trinajstić information content (AvgIpc) is 3.28. The van der Waals surface area contributed by atoms with Crippen LogP contribution in [-0.4, -0.2) is 50.7 Å². The van der Waals surface area contributed by atoms with E-state index in [0.717, 1.165) is 42.9 Å². The SMILES string of the molecule is Cl.N[C@@H]1CCC[C@@H]1CNC(=O)C1=CN(c2ncnc3nc[nH]c23)CCS1. The summed E-state index contributed by atoms with van der Waals surface area (Å²) in [4.78, 5) is 30.9. The maximum atomic E-state index is 12.5. The number of hydrogen-bond acceptors (Lipinski definition) is 7. The minimum atomic E-state index is -0.0382. The summed E-state index contributed by atoms with van der Waals surface area (Å²) in [6.07, 6.45) is 8.26. The van der Waals surface area contributed by atoms with E-state index in [1.54, 1.807) is 18.1 Å². The summed E-state index contributed by atoms with van der Waals surface area (Å²) in [7, 11) is 0. The molecule has 2 aliphatic rings. The number of rotatable bonds is 4. The van der Waals surface area contributed by atoms with Crippen molar-refractivity contribution in [1.82, 2.24) is 25.3 Å². The molecule has 10 heteroatoms. The first kappa shape index (κ1) is 18.9. The molecule has 1 amide bonds. The van der Waals surface area contributed by atoms with Gasteiger partial charge in [-0.1, -0.05) is 6.42 Å². The molecule has 26 heavy (non-hydrogen) atoms. The number of anilines is 1. The summed E-state index contributed by atoms with van der Waals surface area (Å²) in [6, 6.07) is 0.208. The van der Waals surface area contributed by atoms with Crippen molar-refractivity contribution in [3.8, 4) is 0 Å². The molecule has 0 aromatic carbocycles. The Balaban J connectivity index is 0.00000196. The topological polar surface area (TPSA) is 113 Å².